The van der Waals surface area contributed by atoms with Crippen LogP contribution in [0.2, 0.25) is 0 Å². The zero-order chi connectivity index (χ0) is 28.2. The molecule has 0 aliphatic carbocycles. The Hall–Kier alpha value is -4.47. The van der Waals surface area contributed by atoms with Gasteiger partial charge in [-0.3, -0.25) is 9.69 Å². The van der Waals surface area contributed by atoms with E-state index in [1.54, 1.807) is 0 Å². The molecule has 2 saturated heterocycles. The van der Waals surface area contributed by atoms with Gasteiger partial charge in [0.1, 0.15) is 23.8 Å². The highest BCUT2D eigenvalue weighted by atomic mass is 19.1. The minimum atomic E-state index is -0.536. The number of aromatic nitrogens is 1. The third-order valence-electron chi connectivity index (χ3n) is 7.86. The maximum absolute atomic E-state index is 13.6. The lowest BCUT2D eigenvalue weighted by Gasteiger charge is -2.37. The van der Waals surface area contributed by atoms with Gasteiger partial charge in [0, 0.05) is 64.5 Å². The lowest BCUT2D eigenvalue weighted by Crippen LogP contribution is -2.49. The van der Waals surface area contributed by atoms with Crippen LogP contribution in [0, 0.1) is 42.3 Å². The molecule has 40 heavy (non-hydrogen) atoms. The molecule has 3 aromatic rings. The molecule has 0 radical (unpaired) electrons. The van der Waals surface area contributed by atoms with E-state index in [0.29, 0.717) is 43.1 Å². The molecular weight excluding hydrogens is 505 g/mol. The van der Waals surface area contributed by atoms with E-state index < -0.39 is 5.82 Å². The number of halogens is 1. The quantitative estimate of drug-likeness (QED) is 0.488. The summed E-state index contributed by atoms with van der Waals surface area (Å²) in [5, 5.41) is 18.8. The smallest absolute Gasteiger partial charge is 0.254 e. The number of rotatable bonds is 5. The zero-order valence-electron chi connectivity index (χ0n) is 22.9. The molecule has 0 unspecified atom stereocenters. The van der Waals surface area contributed by atoms with E-state index >= 15 is 0 Å². The number of piperazine rings is 2. The molecule has 2 aliphatic rings. The number of anilines is 2. The number of nitrogens with zero attached hydrogens (tertiary/aromatic N) is 7. The molecule has 0 atom stereocenters. The van der Waals surface area contributed by atoms with Crippen LogP contribution in [0.5, 0.6) is 0 Å². The van der Waals surface area contributed by atoms with Crippen LogP contribution in [0.3, 0.4) is 0 Å². The summed E-state index contributed by atoms with van der Waals surface area (Å²) in [7, 11) is 0. The van der Waals surface area contributed by atoms with Crippen LogP contribution in [0.1, 0.15) is 38.2 Å². The van der Waals surface area contributed by atoms with Gasteiger partial charge in [0.15, 0.2) is 0 Å². The van der Waals surface area contributed by atoms with Gasteiger partial charge in [-0.2, -0.15) is 10.5 Å². The SMILES string of the molecule is Cc1cc(C)c(C(=O)N2CCN(c3ncc(F)cc3C#N)CC2)cc1CN1CCN(c2ccccc2C#N)CC1. The van der Waals surface area contributed by atoms with Gasteiger partial charge in [-0.1, -0.05) is 18.2 Å². The first-order valence-corrected chi connectivity index (χ1v) is 13.5. The van der Waals surface area contributed by atoms with Crippen LogP contribution >= 0.6 is 0 Å². The number of hydrogen-bond acceptors (Lipinski definition) is 7. The van der Waals surface area contributed by atoms with E-state index in [4.69, 9.17) is 0 Å². The lowest BCUT2D eigenvalue weighted by molar-refractivity contribution is 0.0745. The number of pyridine rings is 1. The minimum absolute atomic E-state index is 0.00361. The molecule has 3 heterocycles. The number of benzene rings is 2. The van der Waals surface area contributed by atoms with Crippen LogP contribution < -0.4 is 9.80 Å². The van der Waals surface area contributed by atoms with Gasteiger partial charge in [0.25, 0.3) is 5.91 Å². The second-order valence-electron chi connectivity index (χ2n) is 10.4. The number of nitriles is 2. The van der Waals surface area contributed by atoms with Crippen LogP contribution in [-0.2, 0) is 6.54 Å². The maximum Gasteiger partial charge on any atom is 0.254 e. The van der Waals surface area contributed by atoms with Gasteiger partial charge in [0.05, 0.1) is 23.0 Å². The Balaban J connectivity index is 1.23. The molecule has 0 saturated carbocycles. The third kappa shape index (κ3) is 5.61. The number of aryl methyl sites for hydroxylation is 2. The predicted octanol–water partition coefficient (Wildman–Crippen LogP) is 3.87. The maximum atomic E-state index is 13.6. The Morgan fingerprint density at radius 3 is 2.25 bits per heavy atom. The summed E-state index contributed by atoms with van der Waals surface area (Å²) in [6, 6.07) is 17.4. The fourth-order valence-electron chi connectivity index (χ4n) is 5.59. The van der Waals surface area contributed by atoms with Gasteiger partial charge in [-0.05, 0) is 54.8 Å². The standard InChI is InChI=1S/C31H32FN7O/c1-22-15-23(2)28(31(40)39-13-11-38(12-14-39)30-25(19-34)16-27(32)20-35-30)17-26(22)21-36-7-9-37(10-8-36)29-6-4-3-5-24(29)18-33/h3-6,15-17,20H,7-14,21H2,1-2H3. The number of amides is 1. The Morgan fingerprint density at radius 1 is 0.875 bits per heavy atom. The summed E-state index contributed by atoms with van der Waals surface area (Å²) in [6.45, 7) is 10.3. The van der Waals surface area contributed by atoms with Crippen molar-refractivity contribution in [2.24, 2.45) is 0 Å². The molecule has 204 valence electrons. The van der Waals surface area contributed by atoms with Crippen LogP contribution in [0.15, 0.2) is 48.7 Å². The molecule has 2 aliphatic heterocycles. The highest BCUT2D eigenvalue weighted by molar-refractivity contribution is 5.96. The van der Waals surface area contributed by atoms with Crippen molar-refractivity contribution in [3.05, 3.63) is 87.9 Å². The van der Waals surface area contributed by atoms with E-state index in [1.165, 1.54) is 11.6 Å². The van der Waals surface area contributed by atoms with Gasteiger partial charge >= 0.3 is 0 Å². The topological polar surface area (TPSA) is 90.5 Å². The Bertz CT molecular complexity index is 1490. The molecule has 5 rings (SSSR count). The first kappa shape index (κ1) is 27.1. The molecule has 0 N–H and O–H groups in total. The van der Waals surface area contributed by atoms with Crippen molar-refractivity contribution in [1.82, 2.24) is 14.8 Å². The van der Waals surface area contributed by atoms with E-state index in [1.807, 2.05) is 53.1 Å². The van der Waals surface area contributed by atoms with Gasteiger partial charge in [-0.25, -0.2) is 9.37 Å². The molecule has 2 aromatic carbocycles. The zero-order valence-corrected chi connectivity index (χ0v) is 22.9. The Kier molecular flexibility index (Phi) is 7.95. The van der Waals surface area contributed by atoms with Gasteiger partial charge < -0.3 is 14.7 Å². The summed E-state index contributed by atoms with van der Waals surface area (Å²) in [5.74, 6) is -0.0733. The molecule has 2 fully saturated rings. The highest BCUT2D eigenvalue weighted by Crippen LogP contribution is 2.25. The van der Waals surface area contributed by atoms with Crippen molar-refractivity contribution in [3.63, 3.8) is 0 Å². The summed E-state index contributed by atoms with van der Waals surface area (Å²) in [5.41, 5.74) is 5.88. The summed E-state index contributed by atoms with van der Waals surface area (Å²) in [4.78, 5) is 26.2. The molecule has 1 aromatic heterocycles. The van der Waals surface area contributed by atoms with Crippen molar-refractivity contribution >= 4 is 17.4 Å². The van der Waals surface area contributed by atoms with E-state index in [9.17, 15) is 19.7 Å². The molecule has 8 nitrogen and oxygen atoms in total. The second kappa shape index (κ2) is 11.7. The summed E-state index contributed by atoms with van der Waals surface area (Å²) >= 11 is 0. The fourth-order valence-corrected chi connectivity index (χ4v) is 5.59. The monoisotopic (exact) mass is 537 g/mol. The summed E-state index contributed by atoms with van der Waals surface area (Å²) < 4.78 is 13.5. The van der Waals surface area contributed by atoms with Crippen molar-refractivity contribution < 1.29 is 9.18 Å². The van der Waals surface area contributed by atoms with Crippen LogP contribution in [0.4, 0.5) is 15.9 Å². The molecule has 1 amide bonds. The molecular formula is C31H32FN7O. The van der Waals surface area contributed by atoms with E-state index in [0.717, 1.165) is 55.7 Å². The van der Waals surface area contributed by atoms with Gasteiger partial charge in [0.2, 0.25) is 0 Å². The Labute approximate surface area is 234 Å². The largest absolute Gasteiger partial charge is 0.368 e. The second-order valence-corrected chi connectivity index (χ2v) is 10.4. The predicted molar refractivity (Wildman–Crippen MR) is 152 cm³/mol. The molecule has 9 heteroatoms. The van der Waals surface area contributed by atoms with Crippen molar-refractivity contribution in [2.75, 3.05) is 62.2 Å². The number of carbonyl (C=O) groups is 1. The highest BCUT2D eigenvalue weighted by Gasteiger charge is 2.26. The Morgan fingerprint density at radius 2 is 1.55 bits per heavy atom. The fraction of sp³-hybridized carbons (Fsp3) is 0.355. The average Bonchev–Trinajstić information content (AvgIpc) is 2.98. The lowest BCUT2D eigenvalue weighted by atomic mass is 9.98. The summed E-state index contributed by atoms with van der Waals surface area (Å²) in [6.07, 6.45) is 1.12. The van der Waals surface area contributed by atoms with Crippen molar-refractivity contribution in [1.29, 1.82) is 10.5 Å². The average molecular weight is 538 g/mol. The normalized spacial score (nSPS) is 16.0. The van der Waals surface area contributed by atoms with Gasteiger partial charge in [-0.15, -0.1) is 0 Å². The number of carbonyl (C=O) groups excluding carboxylic acids is 1. The van der Waals surface area contributed by atoms with Crippen LogP contribution in [0.25, 0.3) is 0 Å². The number of para-hydroxylation sites is 1. The first-order chi connectivity index (χ1) is 19.4. The first-order valence-electron chi connectivity index (χ1n) is 13.5. The van der Waals surface area contributed by atoms with Crippen molar-refractivity contribution in [2.45, 2.75) is 20.4 Å². The molecule has 0 spiro atoms. The van der Waals surface area contributed by atoms with E-state index in [-0.39, 0.29) is 11.5 Å². The molecule has 0 bridgehead atoms. The van der Waals surface area contributed by atoms with Crippen molar-refractivity contribution in [3.8, 4) is 12.1 Å². The van der Waals surface area contributed by atoms with E-state index in [2.05, 4.69) is 33.8 Å². The van der Waals surface area contributed by atoms with Crippen LogP contribution in [-0.4, -0.2) is 73.0 Å². The third-order valence-corrected chi connectivity index (χ3v) is 7.86. The minimum Gasteiger partial charge on any atom is -0.368 e. The number of hydrogen-bond donors (Lipinski definition) is 0.